The SMILES string of the molecule is Cc1cnccc1NS(=O)(=O)c1cc(N)c(F)cc1C. The van der Waals surface area contributed by atoms with Gasteiger partial charge in [0, 0.05) is 12.4 Å². The number of nitrogens with two attached hydrogens (primary N) is 1. The summed E-state index contributed by atoms with van der Waals surface area (Å²) in [6, 6.07) is 3.77. The van der Waals surface area contributed by atoms with Crippen molar-refractivity contribution in [1.82, 2.24) is 4.98 Å². The van der Waals surface area contributed by atoms with E-state index in [-0.39, 0.29) is 16.1 Å². The molecule has 3 N–H and O–H groups in total. The van der Waals surface area contributed by atoms with E-state index >= 15 is 0 Å². The third kappa shape index (κ3) is 2.72. The summed E-state index contributed by atoms with van der Waals surface area (Å²) >= 11 is 0. The summed E-state index contributed by atoms with van der Waals surface area (Å²) < 4.78 is 40.4. The van der Waals surface area contributed by atoms with Gasteiger partial charge in [0.2, 0.25) is 0 Å². The molecule has 1 heterocycles. The molecule has 106 valence electrons. The molecule has 0 unspecified atom stereocenters. The number of sulfonamides is 1. The Kier molecular flexibility index (Phi) is 3.63. The van der Waals surface area contributed by atoms with Crippen LogP contribution in [0.4, 0.5) is 15.8 Å². The Morgan fingerprint density at radius 1 is 1.25 bits per heavy atom. The van der Waals surface area contributed by atoms with Crippen LogP contribution in [0.25, 0.3) is 0 Å². The standard InChI is InChI=1S/C13H14FN3O2S/c1-8-5-10(14)11(15)6-13(8)20(18,19)17-12-3-4-16-7-9(12)2/h3-7H,15H2,1-2H3,(H,16,17). The maximum atomic E-state index is 13.3. The third-order valence-electron chi connectivity index (χ3n) is 2.85. The Hall–Kier alpha value is -2.15. The molecular formula is C13H14FN3O2S. The molecule has 2 aromatic rings. The van der Waals surface area contributed by atoms with Crippen LogP contribution in [0.2, 0.25) is 0 Å². The largest absolute Gasteiger partial charge is 0.396 e. The Bertz CT molecular complexity index is 760. The van der Waals surface area contributed by atoms with Gasteiger partial charge >= 0.3 is 0 Å². The molecule has 5 nitrogen and oxygen atoms in total. The number of benzene rings is 1. The van der Waals surface area contributed by atoms with Gasteiger partial charge in [-0.05, 0) is 43.2 Å². The first kappa shape index (κ1) is 14.3. The van der Waals surface area contributed by atoms with Crippen LogP contribution in [0.15, 0.2) is 35.5 Å². The van der Waals surface area contributed by atoms with Crippen LogP contribution in [0.1, 0.15) is 11.1 Å². The Morgan fingerprint density at radius 2 is 1.95 bits per heavy atom. The molecule has 20 heavy (non-hydrogen) atoms. The molecule has 0 aliphatic rings. The summed E-state index contributed by atoms with van der Waals surface area (Å²) in [5.74, 6) is -0.637. The topological polar surface area (TPSA) is 85.1 Å². The van der Waals surface area contributed by atoms with Gasteiger partial charge in [-0.15, -0.1) is 0 Å². The molecule has 0 spiro atoms. The summed E-state index contributed by atoms with van der Waals surface area (Å²) in [5, 5.41) is 0. The van der Waals surface area contributed by atoms with Gasteiger partial charge in [0.1, 0.15) is 5.82 Å². The van der Waals surface area contributed by atoms with Crippen molar-refractivity contribution in [2.75, 3.05) is 10.5 Å². The highest BCUT2D eigenvalue weighted by atomic mass is 32.2. The first-order chi connectivity index (χ1) is 9.31. The zero-order valence-electron chi connectivity index (χ0n) is 11.0. The molecule has 0 atom stereocenters. The van der Waals surface area contributed by atoms with Gasteiger partial charge in [0.15, 0.2) is 0 Å². The highest BCUT2D eigenvalue weighted by Gasteiger charge is 2.19. The molecule has 1 aromatic carbocycles. The van der Waals surface area contributed by atoms with E-state index in [9.17, 15) is 12.8 Å². The van der Waals surface area contributed by atoms with Gasteiger partial charge in [0.25, 0.3) is 10.0 Å². The fourth-order valence-electron chi connectivity index (χ4n) is 1.75. The number of aromatic nitrogens is 1. The monoisotopic (exact) mass is 295 g/mol. The number of aryl methyl sites for hydroxylation is 2. The summed E-state index contributed by atoms with van der Waals surface area (Å²) in [4.78, 5) is 3.84. The smallest absolute Gasteiger partial charge is 0.262 e. The van der Waals surface area contributed by atoms with E-state index in [0.717, 1.165) is 12.1 Å². The number of pyridine rings is 1. The summed E-state index contributed by atoms with van der Waals surface area (Å²) in [6.45, 7) is 3.24. The summed E-state index contributed by atoms with van der Waals surface area (Å²) in [7, 11) is -3.83. The van der Waals surface area contributed by atoms with E-state index in [1.165, 1.54) is 13.1 Å². The van der Waals surface area contributed by atoms with Crippen molar-refractivity contribution >= 4 is 21.4 Å². The second-order valence-electron chi connectivity index (χ2n) is 4.44. The normalized spacial score (nSPS) is 11.3. The van der Waals surface area contributed by atoms with Gasteiger partial charge in [-0.2, -0.15) is 0 Å². The Labute approximate surface area is 116 Å². The third-order valence-corrected chi connectivity index (χ3v) is 4.36. The molecule has 7 heteroatoms. The zero-order valence-corrected chi connectivity index (χ0v) is 11.8. The van der Waals surface area contributed by atoms with Crippen LogP contribution in [0.3, 0.4) is 0 Å². The van der Waals surface area contributed by atoms with Crippen LogP contribution in [-0.2, 0) is 10.0 Å². The molecule has 1 aromatic heterocycles. The summed E-state index contributed by atoms with van der Waals surface area (Å²) in [5.41, 5.74) is 6.62. The van der Waals surface area contributed by atoms with Crippen molar-refractivity contribution in [3.8, 4) is 0 Å². The van der Waals surface area contributed by atoms with Crippen LogP contribution >= 0.6 is 0 Å². The van der Waals surface area contributed by atoms with Crippen molar-refractivity contribution in [1.29, 1.82) is 0 Å². The molecule has 0 aliphatic carbocycles. The minimum absolute atomic E-state index is 0.0485. The Morgan fingerprint density at radius 3 is 2.60 bits per heavy atom. The maximum absolute atomic E-state index is 13.3. The molecule has 0 radical (unpaired) electrons. The lowest BCUT2D eigenvalue weighted by atomic mass is 10.2. The number of rotatable bonds is 3. The van der Waals surface area contributed by atoms with E-state index < -0.39 is 15.8 Å². The highest BCUT2D eigenvalue weighted by Crippen LogP contribution is 2.24. The van der Waals surface area contributed by atoms with Crippen molar-refractivity contribution in [2.45, 2.75) is 18.7 Å². The molecule has 0 aliphatic heterocycles. The van der Waals surface area contributed by atoms with Crippen molar-refractivity contribution in [3.05, 3.63) is 47.5 Å². The lowest BCUT2D eigenvalue weighted by Gasteiger charge is -2.12. The summed E-state index contributed by atoms with van der Waals surface area (Å²) in [6.07, 6.45) is 3.03. The zero-order chi connectivity index (χ0) is 14.9. The molecule has 0 saturated heterocycles. The second kappa shape index (κ2) is 5.09. The van der Waals surface area contributed by atoms with Crippen molar-refractivity contribution in [3.63, 3.8) is 0 Å². The van der Waals surface area contributed by atoms with Gasteiger partial charge in [-0.3, -0.25) is 9.71 Å². The average molecular weight is 295 g/mol. The number of nitrogens with one attached hydrogen (secondary N) is 1. The number of anilines is 2. The lowest BCUT2D eigenvalue weighted by Crippen LogP contribution is -2.15. The molecule has 0 saturated carbocycles. The predicted octanol–water partition coefficient (Wildman–Crippen LogP) is 2.22. The molecule has 2 rings (SSSR count). The lowest BCUT2D eigenvalue weighted by molar-refractivity contribution is 0.599. The number of halogens is 1. The van der Waals surface area contributed by atoms with E-state index in [1.807, 2.05) is 0 Å². The first-order valence-electron chi connectivity index (χ1n) is 5.80. The minimum Gasteiger partial charge on any atom is -0.396 e. The van der Waals surface area contributed by atoms with E-state index in [1.54, 1.807) is 19.2 Å². The second-order valence-corrected chi connectivity index (χ2v) is 6.09. The number of nitrogen functional groups attached to an aromatic ring is 1. The van der Waals surface area contributed by atoms with Crippen LogP contribution in [-0.4, -0.2) is 13.4 Å². The highest BCUT2D eigenvalue weighted by molar-refractivity contribution is 7.92. The molecule has 0 amide bonds. The van der Waals surface area contributed by atoms with Gasteiger partial charge in [-0.1, -0.05) is 0 Å². The number of hydrogen-bond donors (Lipinski definition) is 2. The Balaban J connectivity index is 2.47. The fraction of sp³-hybridized carbons (Fsp3) is 0.154. The van der Waals surface area contributed by atoms with Crippen LogP contribution in [0, 0.1) is 19.7 Å². The molecule has 0 fully saturated rings. The fourth-order valence-corrected chi connectivity index (χ4v) is 3.14. The van der Waals surface area contributed by atoms with Crippen molar-refractivity contribution in [2.24, 2.45) is 0 Å². The molecule has 0 bridgehead atoms. The maximum Gasteiger partial charge on any atom is 0.262 e. The van der Waals surface area contributed by atoms with Gasteiger partial charge < -0.3 is 5.73 Å². The van der Waals surface area contributed by atoms with Gasteiger partial charge in [0.05, 0.1) is 16.3 Å². The average Bonchev–Trinajstić information content (AvgIpc) is 2.36. The van der Waals surface area contributed by atoms with Crippen LogP contribution < -0.4 is 10.5 Å². The predicted molar refractivity (Wildman–Crippen MR) is 75.3 cm³/mol. The minimum atomic E-state index is -3.83. The molecular weight excluding hydrogens is 281 g/mol. The van der Waals surface area contributed by atoms with E-state index in [4.69, 9.17) is 5.73 Å². The van der Waals surface area contributed by atoms with E-state index in [0.29, 0.717) is 11.3 Å². The number of nitrogens with zero attached hydrogens (tertiary/aromatic N) is 1. The van der Waals surface area contributed by atoms with Crippen LogP contribution in [0.5, 0.6) is 0 Å². The number of hydrogen-bond acceptors (Lipinski definition) is 4. The van der Waals surface area contributed by atoms with E-state index in [2.05, 4.69) is 9.71 Å². The quantitative estimate of drug-likeness (QED) is 0.850. The first-order valence-corrected chi connectivity index (χ1v) is 7.28. The van der Waals surface area contributed by atoms with Gasteiger partial charge in [-0.25, -0.2) is 12.8 Å². The van der Waals surface area contributed by atoms with Crippen molar-refractivity contribution < 1.29 is 12.8 Å².